The molecular formula is C16H16Cl2N4O2S. The van der Waals surface area contributed by atoms with Crippen molar-refractivity contribution in [2.75, 3.05) is 42.3 Å². The molecule has 1 aliphatic heterocycles. The summed E-state index contributed by atoms with van der Waals surface area (Å²) in [6.07, 6.45) is 1.52. The van der Waals surface area contributed by atoms with Crippen LogP contribution in [0.25, 0.3) is 0 Å². The quantitative estimate of drug-likeness (QED) is 0.615. The molecule has 132 valence electrons. The third-order valence-corrected chi connectivity index (χ3v) is 5.18. The maximum Gasteiger partial charge on any atom is 0.234 e. The lowest BCUT2D eigenvalue weighted by atomic mass is 10.3. The fourth-order valence-corrected chi connectivity index (χ4v) is 3.24. The Morgan fingerprint density at radius 1 is 1.20 bits per heavy atom. The van der Waals surface area contributed by atoms with Crippen LogP contribution in [0.1, 0.15) is 0 Å². The molecule has 1 saturated heterocycles. The number of amides is 1. The van der Waals surface area contributed by atoms with Crippen LogP contribution in [0.4, 0.5) is 11.5 Å². The zero-order chi connectivity index (χ0) is 17.6. The molecule has 1 aliphatic rings. The van der Waals surface area contributed by atoms with E-state index in [1.807, 2.05) is 6.07 Å². The van der Waals surface area contributed by atoms with Crippen LogP contribution in [0.15, 0.2) is 35.6 Å². The second-order valence-corrected chi connectivity index (χ2v) is 7.09. The Kier molecular flexibility index (Phi) is 6.36. The van der Waals surface area contributed by atoms with E-state index in [9.17, 15) is 4.79 Å². The summed E-state index contributed by atoms with van der Waals surface area (Å²) in [5.74, 6) is 0.945. The van der Waals surface area contributed by atoms with E-state index in [1.165, 1.54) is 18.1 Å². The molecule has 0 atom stereocenters. The fourth-order valence-electron chi connectivity index (χ4n) is 2.28. The second-order valence-electron chi connectivity index (χ2n) is 5.28. The fraction of sp³-hybridized carbons (Fsp3) is 0.312. The van der Waals surface area contributed by atoms with Crippen LogP contribution in [-0.4, -0.2) is 47.9 Å². The minimum absolute atomic E-state index is 0.144. The summed E-state index contributed by atoms with van der Waals surface area (Å²) in [5, 5.41) is 4.39. The smallest absolute Gasteiger partial charge is 0.234 e. The van der Waals surface area contributed by atoms with Gasteiger partial charge >= 0.3 is 0 Å². The van der Waals surface area contributed by atoms with E-state index < -0.39 is 0 Å². The van der Waals surface area contributed by atoms with Gasteiger partial charge in [0.2, 0.25) is 5.91 Å². The number of carbonyl (C=O) groups is 1. The first-order valence-corrected chi connectivity index (χ1v) is 9.38. The second kappa shape index (κ2) is 8.71. The molecule has 0 saturated carbocycles. The summed E-state index contributed by atoms with van der Waals surface area (Å²) in [5.41, 5.74) is 0.608. The van der Waals surface area contributed by atoms with Crippen LogP contribution in [0.2, 0.25) is 10.0 Å². The van der Waals surface area contributed by atoms with E-state index in [0.717, 1.165) is 23.9 Å². The first-order chi connectivity index (χ1) is 12.1. The highest BCUT2D eigenvalue weighted by Gasteiger charge is 2.13. The molecule has 0 aliphatic carbocycles. The van der Waals surface area contributed by atoms with Gasteiger partial charge in [0.25, 0.3) is 0 Å². The van der Waals surface area contributed by atoms with Crippen molar-refractivity contribution in [1.29, 1.82) is 0 Å². The van der Waals surface area contributed by atoms with Crippen molar-refractivity contribution in [1.82, 2.24) is 9.97 Å². The van der Waals surface area contributed by atoms with E-state index in [4.69, 9.17) is 27.9 Å². The molecule has 1 aromatic heterocycles. The highest BCUT2D eigenvalue weighted by molar-refractivity contribution is 7.99. The normalized spacial score (nSPS) is 14.4. The van der Waals surface area contributed by atoms with Crippen molar-refractivity contribution in [3.63, 3.8) is 0 Å². The van der Waals surface area contributed by atoms with Crippen LogP contribution >= 0.6 is 35.0 Å². The van der Waals surface area contributed by atoms with Crippen molar-refractivity contribution >= 4 is 52.4 Å². The lowest BCUT2D eigenvalue weighted by Gasteiger charge is -2.27. The average molecular weight is 399 g/mol. The molecule has 25 heavy (non-hydrogen) atoms. The number of hydrogen-bond donors (Lipinski definition) is 1. The van der Waals surface area contributed by atoms with Gasteiger partial charge in [-0.15, -0.1) is 0 Å². The van der Waals surface area contributed by atoms with E-state index in [-0.39, 0.29) is 11.7 Å². The lowest BCUT2D eigenvalue weighted by Crippen LogP contribution is -2.36. The summed E-state index contributed by atoms with van der Waals surface area (Å²) in [7, 11) is 0. The predicted molar refractivity (Wildman–Crippen MR) is 101 cm³/mol. The highest BCUT2D eigenvalue weighted by Crippen LogP contribution is 2.25. The number of anilines is 2. The monoisotopic (exact) mass is 398 g/mol. The molecule has 1 aromatic carbocycles. The standard InChI is InChI=1S/C16H16Cl2N4O2S/c17-12-2-1-11(7-13(12)18)21-15(23)9-25-16-8-14(19-10-20-16)22-3-5-24-6-4-22/h1-2,7-8,10H,3-6,9H2,(H,21,23). The molecular weight excluding hydrogens is 383 g/mol. The number of morpholine rings is 1. The Morgan fingerprint density at radius 3 is 2.76 bits per heavy atom. The number of ether oxygens (including phenoxy) is 1. The van der Waals surface area contributed by atoms with E-state index in [2.05, 4.69) is 20.2 Å². The average Bonchev–Trinajstić information content (AvgIpc) is 2.64. The van der Waals surface area contributed by atoms with Gasteiger partial charge in [-0.3, -0.25) is 4.79 Å². The highest BCUT2D eigenvalue weighted by atomic mass is 35.5. The Morgan fingerprint density at radius 2 is 2.00 bits per heavy atom. The van der Waals surface area contributed by atoms with Gasteiger partial charge in [-0.2, -0.15) is 0 Å². The number of benzene rings is 1. The third-order valence-electron chi connectivity index (χ3n) is 3.52. The largest absolute Gasteiger partial charge is 0.378 e. The molecule has 1 fully saturated rings. The van der Waals surface area contributed by atoms with Crippen molar-refractivity contribution < 1.29 is 9.53 Å². The molecule has 3 rings (SSSR count). The number of nitrogens with zero attached hydrogens (tertiary/aromatic N) is 3. The zero-order valence-corrected chi connectivity index (χ0v) is 15.6. The van der Waals surface area contributed by atoms with Gasteiger partial charge in [-0.05, 0) is 18.2 Å². The topological polar surface area (TPSA) is 67.4 Å². The molecule has 2 heterocycles. The Labute approximate surface area is 159 Å². The van der Waals surface area contributed by atoms with Crippen molar-refractivity contribution in [3.05, 3.63) is 40.6 Å². The minimum Gasteiger partial charge on any atom is -0.378 e. The molecule has 9 heteroatoms. The van der Waals surface area contributed by atoms with E-state index >= 15 is 0 Å². The Balaban J connectivity index is 1.55. The lowest BCUT2D eigenvalue weighted by molar-refractivity contribution is -0.113. The predicted octanol–water partition coefficient (Wildman–Crippen LogP) is 3.35. The molecule has 1 amide bonds. The number of thioether (sulfide) groups is 1. The molecule has 0 unspecified atom stereocenters. The molecule has 6 nitrogen and oxygen atoms in total. The number of rotatable bonds is 5. The van der Waals surface area contributed by atoms with Crippen LogP contribution in [0.5, 0.6) is 0 Å². The SMILES string of the molecule is O=C(CSc1cc(N2CCOCC2)ncn1)Nc1ccc(Cl)c(Cl)c1. The van der Waals surface area contributed by atoms with Crippen LogP contribution in [-0.2, 0) is 9.53 Å². The van der Waals surface area contributed by atoms with Crippen LogP contribution < -0.4 is 10.2 Å². The Hall–Kier alpha value is -1.54. The van der Waals surface area contributed by atoms with Crippen molar-refractivity contribution in [3.8, 4) is 0 Å². The maximum atomic E-state index is 12.1. The van der Waals surface area contributed by atoms with Crippen molar-refractivity contribution in [2.24, 2.45) is 0 Å². The first-order valence-electron chi connectivity index (χ1n) is 7.64. The molecule has 2 aromatic rings. The number of aromatic nitrogens is 2. The van der Waals surface area contributed by atoms with Crippen LogP contribution in [0.3, 0.4) is 0 Å². The van der Waals surface area contributed by atoms with Gasteiger partial charge in [-0.1, -0.05) is 35.0 Å². The van der Waals surface area contributed by atoms with Gasteiger partial charge in [0.05, 0.1) is 29.0 Å². The molecule has 0 radical (unpaired) electrons. The number of halogens is 2. The van der Waals surface area contributed by atoms with Gasteiger partial charge in [0.15, 0.2) is 0 Å². The third kappa shape index (κ3) is 5.22. The number of nitrogens with one attached hydrogen (secondary N) is 1. The van der Waals surface area contributed by atoms with Gasteiger partial charge in [0.1, 0.15) is 17.2 Å². The van der Waals surface area contributed by atoms with E-state index in [1.54, 1.807) is 18.2 Å². The van der Waals surface area contributed by atoms with Crippen molar-refractivity contribution in [2.45, 2.75) is 5.03 Å². The number of carbonyl (C=O) groups excluding carboxylic acids is 1. The summed E-state index contributed by atoms with van der Waals surface area (Å²) < 4.78 is 5.34. The summed E-state index contributed by atoms with van der Waals surface area (Å²) >= 11 is 13.2. The van der Waals surface area contributed by atoms with Gasteiger partial charge in [-0.25, -0.2) is 9.97 Å². The Bertz CT molecular complexity index is 757. The summed E-state index contributed by atoms with van der Waals surface area (Å²) in [4.78, 5) is 22.7. The zero-order valence-electron chi connectivity index (χ0n) is 13.2. The first kappa shape index (κ1) is 18.3. The van der Waals surface area contributed by atoms with Gasteiger partial charge < -0.3 is 15.0 Å². The van der Waals surface area contributed by atoms with Crippen LogP contribution in [0, 0.1) is 0 Å². The van der Waals surface area contributed by atoms with Gasteiger partial charge in [0, 0.05) is 24.8 Å². The summed E-state index contributed by atoms with van der Waals surface area (Å²) in [6, 6.07) is 6.86. The molecule has 0 bridgehead atoms. The maximum absolute atomic E-state index is 12.1. The summed E-state index contributed by atoms with van der Waals surface area (Å²) in [6.45, 7) is 2.99. The molecule has 0 spiro atoms. The minimum atomic E-state index is -0.144. The molecule has 1 N–H and O–H groups in total. The van der Waals surface area contributed by atoms with E-state index in [0.29, 0.717) is 28.9 Å². The number of hydrogen-bond acceptors (Lipinski definition) is 6.